The smallest absolute Gasteiger partial charge is 0.322 e. The van der Waals surface area contributed by atoms with Gasteiger partial charge in [-0.1, -0.05) is 0 Å². The second-order valence-electron chi connectivity index (χ2n) is 7.29. The number of fused-ring (bicyclic) bond motifs is 1. The van der Waals surface area contributed by atoms with E-state index in [4.69, 9.17) is 9.47 Å². The second kappa shape index (κ2) is 7.30. The van der Waals surface area contributed by atoms with Crippen molar-refractivity contribution in [3.05, 3.63) is 36.2 Å². The zero-order chi connectivity index (χ0) is 19.6. The highest BCUT2D eigenvalue weighted by molar-refractivity contribution is 5.89. The molecule has 1 aromatic carbocycles. The van der Waals surface area contributed by atoms with Crippen molar-refractivity contribution in [1.82, 2.24) is 14.9 Å². The summed E-state index contributed by atoms with van der Waals surface area (Å²) in [5.41, 5.74) is 0.930. The van der Waals surface area contributed by atoms with E-state index < -0.39 is 5.60 Å². The van der Waals surface area contributed by atoms with Gasteiger partial charge >= 0.3 is 6.03 Å². The van der Waals surface area contributed by atoms with Crippen molar-refractivity contribution in [3.8, 4) is 11.5 Å². The molecule has 8 heteroatoms. The Labute approximate surface area is 159 Å². The van der Waals surface area contributed by atoms with Crippen molar-refractivity contribution >= 4 is 17.7 Å². The van der Waals surface area contributed by atoms with Gasteiger partial charge in [0.2, 0.25) is 5.95 Å². The van der Waals surface area contributed by atoms with E-state index in [1.165, 1.54) is 0 Å². The van der Waals surface area contributed by atoms with E-state index in [9.17, 15) is 4.79 Å². The van der Waals surface area contributed by atoms with E-state index in [1.807, 2.05) is 46.1 Å². The van der Waals surface area contributed by atoms with Crippen molar-refractivity contribution in [1.29, 1.82) is 0 Å². The molecule has 2 heterocycles. The average molecular weight is 371 g/mol. The molecular formula is C19H25N5O3. The van der Waals surface area contributed by atoms with Gasteiger partial charge in [0.15, 0.2) is 0 Å². The highest BCUT2D eigenvalue weighted by Gasteiger charge is 2.32. The zero-order valence-corrected chi connectivity index (χ0v) is 16.3. The lowest BCUT2D eigenvalue weighted by Crippen LogP contribution is -2.44. The van der Waals surface area contributed by atoms with Crippen molar-refractivity contribution in [3.63, 3.8) is 0 Å². The molecule has 1 aromatic heterocycles. The predicted molar refractivity (Wildman–Crippen MR) is 103 cm³/mol. The Bertz CT molecular complexity index is 821. The molecular weight excluding hydrogens is 346 g/mol. The lowest BCUT2D eigenvalue weighted by Gasteiger charge is -2.29. The minimum absolute atomic E-state index is 0.225. The summed E-state index contributed by atoms with van der Waals surface area (Å²) in [6, 6.07) is 5.42. The van der Waals surface area contributed by atoms with E-state index in [0.717, 1.165) is 17.1 Å². The Morgan fingerprint density at radius 2 is 2.00 bits per heavy atom. The van der Waals surface area contributed by atoms with Crippen LogP contribution in [0.4, 0.5) is 16.4 Å². The molecule has 0 saturated carbocycles. The lowest BCUT2D eigenvalue weighted by atomic mass is 10.1. The molecule has 0 saturated heterocycles. The van der Waals surface area contributed by atoms with Crippen LogP contribution in [0.5, 0.6) is 11.5 Å². The maximum Gasteiger partial charge on any atom is 0.322 e. The third-order valence-electron chi connectivity index (χ3n) is 4.17. The van der Waals surface area contributed by atoms with Crippen LogP contribution in [0.1, 0.15) is 19.4 Å². The molecule has 144 valence electrons. The summed E-state index contributed by atoms with van der Waals surface area (Å²) in [4.78, 5) is 24.8. The summed E-state index contributed by atoms with van der Waals surface area (Å²) >= 11 is 0. The average Bonchev–Trinajstić information content (AvgIpc) is 2.75. The van der Waals surface area contributed by atoms with Gasteiger partial charge in [-0.3, -0.25) is 0 Å². The Balaban J connectivity index is 1.79. The van der Waals surface area contributed by atoms with Gasteiger partial charge in [-0.15, -0.1) is 0 Å². The van der Waals surface area contributed by atoms with E-state index in [0.29, 0.717) is 24.7 Å². The van der Waals surface area contributed by atoms with Crippen LogP contribution in [0.2, 0.25) is 0 Å². The lowest BCUT2D eigenvalue weighted by molar-refractivity contribution is 0.0833. The van der Waals surface area contributed by atoms with Gasteiger partial charge in [0.25, 0.3) is 0 Å². The fourth-order valence-corrected chi connectivity index (χ4v) is 2.90. The normalized spacial score (nSPS) is 15.2. The maximum absolute atomic E-state index is 12.8. The third-order valence-corrected chi connectivity index (χ3v) is 4.17. The van der Waals surface area contributed by atoms with Crippen LogP contribution in [0, 0.1) is 0 Å². The SMILES string of the molecule is COc1ccc2c(c1)OC(C)(C)CN(C(=O)Nc1cnc(N(C)C)nc1)C2. The molecule has 27 heavy (non-hydrogen) atoms. The predicted octanol–water partition coefficient (Wildman–Crippen LogP) is 2.76. The molecule has 2 amide bonds. The highest BCUT2D eigenvalue weighted by Crippen LogP contribution is 2.32. The first kappa shape index (κ1) is 18.8. The van der Waals surface area contributed by atoms with Crippen molar-refractivity contribution in [2.75, 3.05) is 38.0 Å². The van der Waals surface area contributed by atoms with Crippen molar-refractivity contribution < 1.29 is 14.3 Å². The zero-order valence-electron chi connectivity index (χ0n) is 16.3. The number of carbonyl (C=O) groups is 1. The standard InChI is InChI=1S/C19H25N5O3/c1-19(2)12-24(11-13-6-7-15(26-5)8-16(13)27-19)18(25)22-14-9-20-17(21-10-14)23(3)4/h6-10H,11-12H2,1-5H3,(H,22,25). The number of anilines is 2. The van der Waals surface area contributed by atoms with E-state index in [1.54, 1.807) is 29.3 Å². The number of hydrogen-bond acceptors (Lipinski definition) is 6. The van der Waals surface area contributed by atoms with Gasteiger partial charge in [-0.25, -0.2) is 14.8 Å². The molecule has 0 fully saturated rings. The Morgan fingerprint density at radius 3 is 2.63 bits per heavy atom. The first-order valence-corrected chi connectivity index (χ1v) is 8.68. The molecule has 0 bridgehead atoms. The van der Waals surface area contributed by atoms with Gasteiger partial charge in [0, 0.05) is 25.7 Å². The number of nitrogens with zero attached hydrogens (tertiary/aromatic N) is 4. The number of rotatable bonds is 3. The number of urea groups is 1. The number of hydrogen-bond donors (Lipinski definition) is 1. The summed E-state index contributed by atoms with van der Waals surface area (Å²) in [7, 11) is 5.34. The van der Waals surface area contributed by atoms with Gasteiger partial charge in [-0.2, -0.15) is 0 Å². The van der Waals surface area contributed by atoms with Gasteiger partial charge < -0.3 is 24.6 Å². The minimum Gasteiger partial charge on any atom is -0.497 e. The molecule has 0 unspecified atom stereocenters. The largest absolute Gasteiger partial charge is 0.497 e. The Kier molecular flexibility index (Phi) is 5.07. The minimum atomic E-state index is -0.541. The van der Waals surface area contributed by atoms with Gasteiger partial charge in [0.05, 0.1) is 38.3 Å². The number of ether oxygens (including phenoxy) is 2. The summed E-state index contributed by atoms with van der Waals surface area (Å²) in [6.45, 7) is 4.78. The molecule has 8 nitrogen and oxygen atoms in total. The number of methoxy groups -OCH3 is 1. The summed E-state index contributed by atoms with van der Waals surface area (Å²) in [5, 5.41) is 2.86. The molecule has 0 aliphatic carbocycles. The van der Waals surface area contributed by atoms with Gasteiger partial charge in [-0.05, 0) is 26.0 Å². The molecule has 1 aliphatic heterocycles. The quantitative estimate of drug-likeness (QED) is 0.894. The second-order valence-corrected chi connectivity index (χ2v) is 7.29. The molecule has 1 aliphatic rings. The topological polar surface area (TPSA) is 79.8 Å². The van der Waals surface area contributed by atoms with Crippen LogP contribution in [-0.4, -0.2) is 54.2 Å². The van der Waals surface area contributed by atoms with E-state index in [-0.39, 0.29) is 6.03 Å². The van der Waals surface area contributed by atoms with Crippen LogP contribution < -0.4 is 19.7 Å². The fraction of sp³-hybridized carbons (Fsp3) is 0.421. The first-order valence-electron chi connectivity index (χ1n) is 8.68. The van der Waals surface area contributed by atoms with Crippen LogP contribution in [0.15, 0.2) is 30.6 Å². The number of aromatic nitrogens is 2. The van der Waals surface area contributed by atoms with Crippen LogP contribution >= 0.6 is 0 Å². The Morgan fingerprint density at radius 1 is 1.30 bits per heavy atom. The summed E-state index contributed by atoms with van der Waals surface area (Å²) in [6.07, 6.45) is 3.19. The van der Waals surface area contributed by atoms with E-state index in [2.05, 4.69) is 15.3 Å². The number of carbonyl (C=O) groups excluding carboxylic acids is 1. The highest BCUT2D eigenvalue weighted by atomic mass is 16.5. The van der Waals surface area contributed by atoms with E-state index >= 15 is 0 Å². The van der Waals surface area contributed by atoms with Crippen LogP contribution in [0.3, 0.4) is 0 Å². The molecule has 2 aromatic rings. The summed E-state index contributed by atoms with van der Waals surface area (Å²) < 4.78 is 11.4. The van der Waals surface area contributed by atoms with Gasteiger partial charge in [0.1, 0.15) is 17.1 Å². The molecule has 3 rings (SSSR count). The monoisotopic (exact) mass is 371 g/mol. The molecule has 0 radical (unpaired) electrons. The first-order chi connectivity index (χ1) is 12.8. The van der Waals surface area contributed by atoms with Crippen LogP contribution in [-0.2, 0) is 6.54 Å². The fourth-order valence-electron chi connectivity index (χ4n) is 2.90. The molecule has 0 spiro atoms. The van der Waals surface area contributed by atoms with Crippen molar-refractivity contribution in [2.45, 2.75) is 26.0 Å². The number of benzene rings is 1. The molecule has 1 N–H and O–H groups in total. The number of amides is 2. The third kappa shape index (κ3) is 4.39. The molecule has 0 atom stereocenters. The maximum atomic E-state index is 12.8. The Hall–Kier alpha value is -3.03. The number of nitrogens with one attached hydrogen (secondary N) is 1. The summed E-state index contributed by atoms with van der Waals surface area (Å²) in [5.74, 6) is 2.04. The van der Waals surface area contributed by atoms with Crippen LogP contribution in [0.25, 0.3) is 0 Å². The van der Waals surface area contributed by atoms with Crippen molar-refractivity contribution in [2.24, 2.45) is 0 Å².